The summed E-state index contributed by atoms with van der Waals surface area (Å²) in [7, 11) is 3.26. The fourth-order valence-electron chi connectivity index (χ4n) is 2.44. The van der Waals surface area contributed by atoms with Crippen molar-refractivity contribution >= 4 is 11.4 Å². The summed E-state index contributed by atoms with van der Waals surface area (Å²) in [5.41, 5.74) is 4.01. The minimum Gasteiger partial charge on any atom is -0.493 e. The number of aryl methyl sites for hydroxylation is 1. The van der Waals surface area contributed by atoms with E-state index in [4.69, 9.17) is 9.47 Å². The van der Waals surface area contributed by atoms with E-state index in [0.717, 1.165) is 28.7 Å². The molecule has 96 valence electrons. The Labute approximate surface area is 107 Å². The lowest BCUT2D eigenvalue weighted by Gasteiger charge is -2.15. The third kappa shape index (κ3) is 2.01. The first-order valence-electron chi connectivity index (χ1n) is 6.04. The van der Waals surface area contributed by atoms with Crippen LogP contribution >= 0.6 is 0 Å². The van der Waals surface area contributed by atoms with Crippen LogP contribution in [0.5, 0.6) is 11.5 Å². The largest absolute Gasteiger partial charge is 0.493 e. The molecule has 18 heavy (non-hydrogen) atoms. The molecule has 0 saturated heterocycles. The maximum Gasteiger partial charge on any atom is 0.168 e. The van der Waals surface area contributed by atoms with E-state index in [1.165, 1.54) is 0 Å². The minimum atomic E-state index is 0.229. The minimum absolute atomic E-state index is 0.229. The van der Waals surface area contributed by atoms with E-state index in [2.05, 4.69) is 6.07 Å². The summed E-state index contributed by atoms with van der Waals surface area (Å²) in [6.07, 6.45) is 1.38. The first kappa shape index (κ1) is 12.7. The molecule has 0 saturated carbocycles. The quantitative estimate of drug-likeness (QED) is 0.821. The van der Waals surface area contributed by atoms with Gasteiger partial charge in [-0.1, -0.05) is 0 Å². The van der Waals surface area contributed by atoms with E-state index in [9.17, 15) is 4.79 Å². The molecule has 0 aromatic heterocycles. The summed E-state index contributed by atoms with van der Waals surface area (Å²) in [5.74, 6) is 1.66. The summed E-state index contributed by atoms with van der Waals surface area (Å²) in [5, 5.41) is 0. The van der Waals surface area contributed by atoms with Gasteiger partial charge >= 0.3 is 0 Å². The highest BCUT2D eigenvalue weighted by Gasteiger charge is 2.24. The van der Waals surface area contributed by atoms with Crippen LogP contribution in [-0.4, -0.2) is 20.0 Å². The number of ketones is 1. The van der Waals surface area contributed by atoms with Crippen LogP contribution in [0.15, 0.2) is 17.7 Å². The monoisotopic (exact) mass is 246 g/mol. The average Bonchev–Trinajstić information content (AvgIpc) is 2.69. The molecule has 0 aliphatic heterocycles. The zero-order valence-corrected chi connectivity index (χ0v) is 11.3. The van der Waals surface area contributed by atoms with E-state index >= 15 is 0 Å². The fourth-order valence-corrected chi connectivity index (χ4v) is 2.44. The number of rotatable bonds is 3. The Hall–Kier alpha value is -1.77. The van der Waals surface area contributed by atoms with Crippen molar-refractivity contribution in [3.05, 3.63) is 28.8 Å². The number of benzene rings is 1. The molecule has 1 aromatic carbocycles. The van der Waals surface area contributed by atoms with Crippen molar-refractivity contribution < 1.29 is 14.3 Å². The number of hydrogen-bond donors (Lipinski definition) is 0. The second kappa shape index (κ2) is 4.84. The van der Waals surface area contributed by atoms with Crippen LogP contribution in [0.3, 0.4) is 0 Å². The van der Waals surface area contributed by atoms with Crippen molar-refractivity contribution in [1.29, 1.82) is 0 Å². The maximum absolute atomic E-state index is 11.7. The normalized spacial score (nSPS) is 15.2. The molecule has 3 nitrogen and oxygen atoms in total. The van der Waals surface area contributed by atoms with Gasteiger partial charge in [0.15, 0.2) is 17.3 Å². The lowest BCUT2D eigenvalue weighted by Crippen LogP contribution is -1.97. The predicted octanol–water partition coefficient (Wildman–Crippen LogP) is 3.15. The van der Waals surface area contributed by atoms with Crippen LogP contribution in [0.2, 0.25) is 0 Å². The Balaban J connectivity index is 2.64. The Morgan fingerprint density at radius 2 is 1.78 bits per heavy atom. The molecular weight excluding hydrogens is 228 g/mol. The maximum atomic E-state index is 11.7. The van der Waals surface area contributed by atoms with Gasteiger partial charge in [0.25, 0.3) is 0 Å². The van der Waals surface area contributed by atoms with Crippen LogP contribution in [0.25, 0.3) is 5.57 Å². The zero-order valence-electron chi connectivity index (χ0n) is 11.3. The van der Waals surface area contributed by atoms with Gasteiger partial charge in [-0.25, -0.2) is 0 Å². The molecule has 1 aromatic rings. The summed E-state index contributed by atoms with van der Waals surface area (Å²) in [4.78, 5) is 11.7. The van der Waals surface area contributed by atoms with E-state index < -0.39 is 0 Å². The molecule has 0 atom stereocenters. The number of ether oxygens (including phenoxy) is 2. The molecule has 0 bridgehead atoms. The fraction of sp³-hybridized carbons (Fsp3) is 0.400. The molecule has 0 fully saturated rings. The van der Waals surface area contributed by atoms with Crippen molar-refractivity contribution in [2.24, 2.45) is 0 Å². The average molecular weight is 246 g/mol. The van der Waals surface area contributed by atoms with Gasteiger partial charge in [0.1, 0.15) is 0 Å². The summed E-state index contributed by atoms with van der Waals surface area (Å²) in [6.45, 7) is 3.90. The smallest absolute Gasteiger partial charge is 0.168 e. The van der Waals surface area contributed by atoms with Gasteiger partial charge in [-0.2, -0.15) is 0 Å². The van der Waals surface area contributed by atoms with Gasteiger partial charge in [0.05, 0.1) is 14.2 Å². The van der Waals surface area contributed by atoms with Crippen molar-refractivity contribution in [2.75, 3.05) is 14.2 Å². The molecule has 1 aliphatic carbocycles. The van der Waals surface area contributed by atoms with Gasteiger partial charge in [-0.3, -0.25) is 4.79 Å². The molecule has 2 rings (SSSR count). The Kier molecular flexibility index (Phi) is 3.41. The van der Waals surface area contributed by atoms with Crippen LogP contribution in [0.1, 0.15) is 30.9 Å². The first-order valence-corrected chi connectivity index (χ1v) is 6.04. The van der Waals surface area contributed by atoms with Gasteiger partial charge in [0, 0.05) is 12.0 Å². The first-order chi connectivity index (χ1) is 8.58. The van der Waals surface area contributed by atoms with Crippen molar-refractivity contribution in [2.45, 2.75) is 26.7 Å². The number of methoxy groups -OCH3 is 2. The standard InChI is InChI=1S/C15H18O3/c1-9-7-12(11-5-6-13(16)10(11)2)15(18-4)14(8-9)17-3/h7-8H,5-6H2,1-4H3. The van der Waals surface area contributed by atoms with E-state index in [1.54, 1.807) is 14.2 Å². The second-order valence-electron chi connectivity index (χ2n) is 4.57. The van der Waals surface area contributed by atoms with Crippen molar-refractivity contribution in [3.63, 3.8) is 0 Å². The topological polar surface area (TPSA) is 35.5 Å². The highest BCUT2D eigenvalue weighted by Crippen LogP contribution is 2.41. The summed E-state index contributed by atoms with van der Waals surface area (Å²) >= 11 is 0. The van der Waals surface area contributed by atoms with E-state index in [0.29, 0.717) is 17.9 Å². The number of carbonyl (C=O) groups excluding carboxylic acids is 1. The molecule has 0 heterocycles. The molecule has 0 amide bonds. The van der Waals surface area contributed by atoms with Crippen molar-refractivity contribution in [1.82, 2.24) is 0 Å². The van der Waals surface area contributed by atoms with Gasteiger partial charge in [0.2, 0.25) is 0 Å². The summed E-state index contributed by atoms with van der Waals surface area (Å²) in [6, 6.07) is 3.99. The zero-order chi connectivity index (χ0) is 13.3. The number of Topliss-reactive ketones (excluding diaryl/α,β-unsaturated/α-hetero) is 1. The van der Waals surface area contributed by atoms with Crippen LogP contribution < -0.4 is 9.47 Å². The molecule has 1 aliphatic rings. The SMILES string of the molecule is COc1cc(C)cc(C2=C(C)C(=O)CC2)c1OC. The Morgan fingerprint density at radius 1 is 1.06 bits per heavy atom. The lowest BCUT2D eigenvalue weighted by molar-refractivity contribution is -0.114. The molecule has 0 N–H and O–H groups in total. The van der Waals surface area contributed by atoms with Gasteiger partial charge in [-0.05, 0) is 49.1 Å². The highest BCUT2D eigenvalue weighted by atomic mass is 16.5. The number of hydrogen-bond acceptors (Lipinski definition) is 3. The third-order valence-electron chi connectivity index (χ3n) is 3.42. The van der Waals surface area contributed by atoms with Gasteiger partial charge in [-0.15, -0.1) is 0 Å². The highest BCUT2D eigenvalue weighted by molar-refractivity contribution is 6.07. The van der Waals surface area contributed by atoms with Crippen LogP contribution in [0.4, 0.5) is 0 Å². The second-order valence-corrected chi connectivity index (χ2v) is 4.57. The number of carbonyl (C=O) groups is 1. The van der Waals surface area contributed by atoms with Crippen molar-refractivity contribution in [3.8, 4) is 11.5 Å². The van der Waals surface area contributed by atoms with Crippen LogP contribution in [0, 0.1) is 6.92 Å². The molecule has 0 spiro atoms. The predicted molar refractivity (Wildman–Crippen MR) is 71.1 cm³/mol. The van der Waals surface area contributed by atoms with Gasteiger partial charge < -0.3 is 9.47 Å². The Morgan fingerprint density at radius 3 is 2.28 bits per heavy atom. The van der Waals surface area contributed by atoms with E-state index in [-0.39, 0.29) is 5.78 Å². The molecule has 0 radical (unpaired) electrons. The Bertz CT molecular complexity index is 527. The lowest BCUT2D eigenvalue weighted by atomic mass is 9.99. The number of allylic oxidation sites excluding steroid dienone is 2. The molecule has 0 unspecified atom stereocenters. The van der Waals surface area contributed by atoms with Crippen LogP contribution in [-0.2, 0) is 4.79 Å². The molecule has 3 heteroatoms. The summed E-state index contributed by atoms with van der Waals surface area (Å²) < 4.78 is 10.8. The van der Waals surface area contributed by atoms with E-state index in [1.807, 2.05) is 19.9 Å². The third-order valence-corrected chi connectivity index (χ3v) is 3.42. The molecular formula is C15H18O3.